The summed E-state index contributed by atoms with van der Waals surface area (Å²) in [6, 6.07) is 1.56. The SMILES string of the molecule is CCOc1nccc(Br)c1C(=O)O. The zero-order valence-corrected chi connectivity index (χ0v) is 8.54. The van der Waals surface area contributed by atoms with Gasteiger partial charge >= 0.3 is 5.97 Å². The van der Waals surface area contributed by atoms with Crippen molar-refractivity contribution in [2.24, 2.45) is 0 Å². The average Bonchev–Trinajstić information content (AvgIpc) is 2.04. The molecule has 0 amide bonds. The highest BCUT2D eigenvalue weighted by Gasteiger charge is 2.15. The Hall–Kier alpha value is -1.10. The number of pyridine rings is 1. The number of aromatic nitrogens is 1. The maximum absolute atomic E-state index is 10.8. The van der Waals surface area contributed by atoms with Crippen molar-refractivity contribution in [3.8, 4) is 5.88 Å². The predicted molar refractivity (Wildman–Crippen MR) is 50.1 cm³/mol. The second kappa shape index (κ2) is 4.23. The van der Waals surface area contributed by atoms with Crippen LogP contribution >= 0.6 is 15.9 Å². The van der Waals surface area contributed by atoms with Gasteiger partial charge in [0.1, 0.15) is 5.56 Å². The lowest BCUT2D eigenvalue weighted by Crippen LogP contribution is -2.05. The van der Waals surface area contributed by atoms with Gasteiger partial charge in [0.25, 0.3) is 0 Å². The van der Waals surface area contributed by atoms with Crippen molar-refractivity contribution in [3.63, 3.8) is 0 Å². The molecule has 0 aliphatic heterocycles. The third-order valence-corrected chi connectivity index (χ3v) is 2.02. The van der Waals surface area contributed by atoms with Gasteiger partial charge in [-0.1, -0.05) is 0 Å². The Balaban J connectivity index is 3.17. The second-order valence-corrected chi connectivity index (χ2v) is 3.07. The quantitative estimate of drug-likeness (QED) is 0.885. The van der Waals surface area contributed by atoms with Crippen LogP contribution in [0.5, 0.6) is 5.88 Å². The minimum Gasteiger partial charge on any atom is -0.477 e. The molecule has 0 atom stereocenters. The summed E-state index contributed by atoms with van der Waals surface area (Å²) < 4.78 is 5.53. The van der Waals surface area contributed by atoms with Crippen LogP contribution in [0.3, 0.4) is 0 Å². The number of hydrogen-bond donors (Lipinski definition) is 1. The van der Waals surface area contributed by atoms with Gasteiger partial charge in [-0.05, 0) is 28.9 Å². The Morgan fingerprint density at radius 2 is 2.46 bits per heavy atom. The standard InChI is InChI=1S/C8H8BrNO3/c1-2-13-7-6(8(11)12)5(9)3-4-10-7/h3-4H,2H2,1H3,(H,11,12). The summed E-state index contributed by atoms with van der Waals surface area (Å²) in [5.74, 6) is -0.909. The molecule has 0 spiro atoms. The molecule has 0 radical (unpaired) electrons. The zero-order valence-electron chi connectivity index (χ0n) is 6.95. The van der Waals surface area contributed by atoms with Crippen molar-refractivity contribution in [2.75, 3.05) is 6.61 Å². The zero-order chi connectivity index (χ0) is 9.84. The molecule has 1 heterocycles. The second-order valence-electron chi connectivity index (χ2n) is 2.21. The van der Waals surface area contributed by atoms with Gasteiger partial charge in [-0.3, -0.25) is 0 Å². The molecule has 5 heteroatoms. The molecular weight excluding hydrogens is 238 g/mol. The smallest absolute Gasteiger partial charge is 0.342 e. The summed E-state index contributed by atoms with van der Waals surface area (Å²) in [6.45, 7) is 2.16. The fourth-order valence-corrected chi connectivity index (χ4v) is 1.32. The van der Waals surface area contributed by atoms with Crippen LogP contribution < -0.4 is 4.74 Å². The number of nitrogens with zero attached hydrogens (tertiary/aromatic N) is 1. The van der Waals surface area contributed by atoms with Gasteiger partial charge in [0.15, 0.2) is 0 Å². The van der Waals surface area contributed by atoms with E-state index in [1.54, 1.807) is 13.0 Å². The summed E-state index contributed by atoms with van der Waals surface area (Å²) in [5, 5.41) is 8.82. The van der Waals surface area contributed by atoms with Crippen molar-refractivity contribution in [3.05, 3.63) is 22.3 Å². The Morgan fingerprint density at radius 3 is 3.00 bits per heavy atom. The maximum atomic E-state index is 10.8. The molecule has 0 fully saturated rings. The Labute approximate surface area is 83.7 Å². The van der Waals surface area contributed by atoms with E-state index < -0.39 is 5.97 Å². The lowest BCUT2D eigenvalue weighted by molar-refractivity contribution is 0.0690. The van der Waals surface area contributed by atoms with E-state index in [-0.39, 0.29) is 11.4 Å². The van der Waals surface area contributed by atoms with E-state index in [0.717, 1.165) is 0 Å². The Morgan fingerprint density at radius 1 is 1.77 bits per heavy atom. The van der Waals surface area contributed by atoms with Crippen LogP contribution in [0.15, 0.2) is 16.7 Å². The molecule has 0 saturated carbocycles. The highest BCUT2D eigenvalue weighted by molar-refractivity contribution is 9.10. The van der Waals surface area contributed by atoms with Crippen LogP contribution in [0.2, 0.25) is 0 Å². The lowest BCUT2D eigenvalue weighted by atomic mass is 10.3. The number of carbonyl (C=O) groups is 1. The molecule has 0 saturated heterocycles. The number of halogens is 1. The van der Waals surface area contributed by atoms with Gasteiger partial charge in [0.05, 0.1) is 6.61 Å². The molecule has 13 heavy (non-hydrogen) atoms. The van der Waals surface area contributed by atoms with Crippen LogP contribution in [0.4, 0.5) is 0 Å². The molecule has 0 aromatic carbocycles. The number of carboxylic acids is 1. The van der Waals surface area contributed by atoms with E-state index >= 15 is 0 Å². The van der Waals surface area contributed by atoms with Gasteiger partial charge in [0.2, 0.25) is 5.88 Å². The number of aromatic carboxylic acids is 1. The molecule has 70 valence electrons. The van der Waals surface area contributed by atoms with Crippen molar-refractivity contribution in [2.45, 2.75) is 6.92 Å². The molecule has 0 aliphatic rings. The molecule has 0 bridgehead atoms. The fourth-order valence-electron chi connectivity index (χ4n) is 0.860. The Bertz CT molecular complexity index is 327. The molecule has 0 aliphatic carbocycles. The van der Waals surface area contributed by atoms with Crippen LogP contribution in [0.25, 0.3) is 0 Å². The van der Waals surface area contributed by atoms with Crippen LogP contribution in [-0.2, 0) is 0 Å². The molecule has 1 rings (SSSR count). The van der Waals surface area contributed by atoms with E-state index in [4.69, 9.17) is 9.84 Å². The van der Waals surface area contributed by atoms with Gasteiger partial charge in [0, 0.05) is 10.7 Å². The van der Waals surface area contributed by atoms with Gasteiger partial charge in [-0.15, -0.1) is 0 Å². The molecule has 1 aromatic heterocycles. The number of carboxylic acid groups (broad SMARTS) is 1. The normalized spacial score (nSPS) is 9.69. The topological polar surface area (TPSA) is 59.4 Å². The average molecular weight is 246 g/mol. The summed E-state index contributed by atoms with van der Waals surface area (Å²) in [7, 11) is 0. The number of ether oxygens (including phenoxy) is 1. The van der Waals surface area contributed by atoms with Gasteiger partial charge < -0.3 is 9.84 Å². The molecule has 0 unspecified atom stereocenters. The molecular formula is C8H8BrNO3. The first kappa shape index (κ1) is 9.98. The molecule has 1 N–H and O–H groups in total. The van der Waals surface area contributed by atoms with Crippen molar-refractivity contribution < 1.29 is 14.6 Å². The molecule has 1 aromatic rings. The lowest BCUT2D eigenvalue weighted by Gasteiger charge is -2.06. The maximum Gasteiger partial charge on any atom is 0.342 e. The third-order valence-electron chi connectivity index (χ3n) is 1.36. The monoisotopic (exact) mass is 245 g/mol. The van der Waals surface area contributed by atoms with Crippen LogP contribution in [0.1, 0.15) is 17.3 Å². The molecule has 4 nitrogen and oxygen atoms in total. The van der Waals surface area contributed by atoms with E-state index in [1.165, 1.54) is 6.20 Å². The van der Waals surface area contributed by atoms with Crippen molar-refractivity contribution in [1.29, 1.82) is 0 Å². The first-order valence-electron chi connectivity index (χ1n) is 3.67. The summed E-state index contributed by atoms with van der Waals surface area (Å²) >= 11 is 3.12. The Kier molecular flexibility index (Phi) is 3.25. The highest BCUT2D eigenvalue weighted by Crippen LogP contribution is 2.23. The highest BCUT2D eigenvalue weighted by atomic mass is 79.9. The third kappa shape index (κ3) is 2.18. The van der Waals surface area contributed by atoms with Crippen molar-refractivity contribution >= 4 is 21.9 Å². The van der Waals surface area contributed by atoms with Crippen LogP contribution in [-0.4, -0.2) is 22.7 Å². The van der Waals surface area contributed by atoms with Gasteiger partial charge in [-0.2, -0.15) is 0 Å². The fraction of sp³-hybridized carbons (Fsp3) is 0.250. The number of rotatable bonds is 3. The summed E-state index contributed by atoms with van der Waals surface area (Å²) in [4.78, 5) is 14.6. The van der Waals surface area contributed by atoms with Crippen LogP contribution in [0, 0.1) is 0 Å². The van der Waals surface area contributed by atoms with Gasteiger partial charge in [-0.25, -0.2) is 9.78 Å². The van der Waals surface area contributed by atoms with E-state index in [2.05, 4.69) is 20.9 Å². The van der Waals surface area contributed by atoms with E-state index in [1.807, 2.05) is 0 Å². The minimum atomic E-state index is -1.05. The van der Waals surface area contributed by atoms with E-state index in [0.29, 0.717) is 11.1 Å². The first-order chi connectivity index (χ1) is 6.16. The van der Waals surface area contributed by atoms with Crippen molar-refractivity contribution in [1.82, 2.24) is 4.98 Å². The minimum absolute atomic E-state index is 0.0596. The summed E-state index contributed by atoms with van der Waals surface area (Å²) in [6.07, 6.45) is 1.49. The largest absolute Gasteiger partial charge is 0.477 e. The first-order valence-corrected chi connectivity index (χ1v) is 4.46. The summed E-state index contributed by atoms with van der Waals surface area (Å²) in [5.41, 5.74) is 0.0596. The number of hydrogen-bond acceptors (Lipinski definition) is 3. The predicted octanol–water partition coefficient (Wildman–Crippen LogP) is 1.94. The van der Waals surface area contributed by atoms with E-state index in [9.17, 15) is 4.79 Å².